The van der Waals surface area contributed by atoms with Gasteiger partial charge in [0.15, 0.2) is 5.82 Å². The molecule has 39 heavy (non-hydrogen) atoms. The van der Waals surface area contributed by atoms with Crippen molar-refractivity contribution in [1.29, 1.82) is 0 Å². The van der Waals surface area contributed by atoms with Crippen molar-refractivity contribution in [2.75, 3.05) is 26.2 Å². The van der Waals surface area contributed by atoms with Crippen LogP contribution >= 0.6 is 23.5 Å². The highest BCUT2D eigenvalue weighted by molar-refractivity contribution is 8.00. The Morgan fingerprint density at radius 1 is 0.897 bits per heavy atom. The van der Waals surface area contributed by atoms with Gasteiger partial charge in [0, 0.05) is 13.1 Å². The molecule has 4 N–H and O–H groups in total. The zero-order valence-electron chi connectivity index (χ0n) is 20.8. The molecular weight excluding hydrogens is 576 g/mol. The summed E-state index contributed by atoms with van der Waals surface area (Å²) in [5.41, 5.74) is 0. The Morgan fingerprint density at radius 3 is 1.62 bits per heavy atom. The molecule has 9 nitrogen and oxygen atoms in total. The number of furan rings is 2. The van der Waals surface area contributed by atoms with Crippen LogP contribution in [0.3, 0.4) is 0 Å². The molecule has 0 aliphatic rings. The van der Waals surface area contributed by atoms with Gasteiger partial charge >= 0.3 is 12.4 Å². The molecule has 2 rings (SSSR count). The van der Waals surface area contributed by atoms with Gasteiger partial charge in [0.05, 0.1) is 51.8 Å². The summed E-state index contributed by atoms with van der Waals surface area (Å²) in [5.74, 6) is 0.850. The minimum Gasteiger partial charge on any atom is -0.468 e. The molecule has 0 saturated heterocycles. The average molecular weight is 606 g/mol. The summed E-state index contributed by atoms with van der Waals surface area (Å²) >= 11 is 2.37. The van der Waals surface area contributed by atoms with Crippen LogP contribution in [0, 0.1) is 10.1 Å². The molecule has 2 heterocycles. The summed E-state index contributed by atoms with van der Waals surface area (Å²) < 4.78 is 86.2. The first-order valence-corrected chi connectivity index (χ1v) is 13.4. The first-order valence-electron chi connectivity index (χ1n) is 11.5. The summed E-state index contributed by atoms with van der Waals surface area (Å²) in [4.78, 5) is 10.5. The van der Waals surface area contributed by atoms with Gasteiger partial charge in [-0.15, -0.1) is 23.5 Å². The number of rotatable bonds is 17. The van der Waals surface area contributed by atoms with Crippen LogP contribution < -0.4 is 21.3 Å². The van der Waals surface area contributed by atoms with Crippen LogP contribution in [0.15, 0.2) is 57.6 Å². The molecule has 0 aliphatic carbocycles. The molecule has 0 amide bonds. The minimum absolute atomic E-state index is 0.00268. The van der Waals surface area contributed by atoms with E-state index in [0.717, 1.165) is 0 Å². The van der Waals surface area contributed by atoms with Gasteiger partial charge in [-0.1, -0.05) is 0 Å². The lowest BCUT2D eigenvalue weighted by Crippen LogP contribution is -2.37. The summed E-state index contributed by atoms with van der Waals surface area (Å²) in [5, 5.41) is 19.6. The fraction of sp³-hybridized carbons (Fsp3) is 0.545. The zero-order valence-corrected chi connectivity index (χ0v) is 22.5. The van der Waals surface area contributed by atoms with Crippen molar-refractivity contribution in [2.24, 2.45) is 0 Å². The first-order chi connectivity index (χ1) is 18.2. The third-order valence-corrected chi connectivity index (χ3v) is 7.23. The van der Waals surface area contributed by atoms with Crippen molar-refractivity contribution in [3.8, 4) is 0 Å². The maximum Gasteiger partial charge on any atom is 0.401 e. The molecule has 0 fully saturated rings. The van der Waals surface area contributed by atoms with Gasteiger partial charge in [0.1, 0.15) is 11.5 Å². The van der Waals surface area contributed by atoms with Crippen LogP contribution in [-0.4, -0.2) is 54.2 Å². The average Bonchev–Trinajstić information content (AvgIpc) is 3.50. The number of hydrogen-bond donors (Lipinski definition) is 4. The minimum atomic E-state index is -4.39. The maximum absolute atomic E-state index is 12.6. The highest BCUT2D eigenvalue weighted by Crippen LogP contribution is 2.33. The lowest BCUT2D eigenvalue weighted by atomic mass is 10.3. The Kier molecular flexibility index (Phi) is 12.9. The second-order valence-electron chi connectivity index (χ2n) is 8.17. The molecule has 4 atom stereocenters. The molecule has 0 aliphatic heterocycles. The molecule has 0 radical (unpaired) electrons. The summed E-state index contributed by atoms with van der Waals surface area (Å²) in [7, 11) is 0. The SMILES string of the molecule is CC(NC(=C[N+](=O)[O-])NC(C)SC(CNCC(F)(F)F)c1ccco1)SC(CNCC(F)(F)F)c1ccco1. The van der Waals surface area contributed by atoms with Crippen molar-refractivity contribution in [3.63, 3.8) is 0 Å². The van der Waals surface area contributed by atoms with E-state index >= 15 is 0 Å². The van der Waals surface area contributed by atoms with Crippen molar-refractivity contribution in [2.45, 2.75) is 47.4 Å². The first kappa shape index (κ1) is 32.7. The largest absolute Gasteiger partial charge is 0.468 e. The number of nitrogens with one attached hydrogen (secondary N) is 4. The van der Waals surface area contributed by atoms with E-state index in [9.17, 15) is 36.5 Å². The molecular formula is C22H29F6N5O4S2. The Morgan fingerprint density at radius 2 is 1.31 bits per heavy atom. The van der Waals surface area contributed by atoms with Crippen molar-refractivity contribution in [1.82, 2.24) is 21.3 Å². The maximum atomic E-state index is 12.6. The number of halogens is 6. The molecule has 0 spiro atoms. The standard InChI is InChI=1S/C22H29F6N5O4S2/c1-14(38-18(16-5-3-7-36-16)9-29-12-21(23,24)25)31-20(11-33(34)35)32-15(2)39-19(17-6-4-8-37-17)10-30-13-22(26,27)28/h3-8,11,14-15,18-19,29-32H,9-10,12-13H2,1-2H3. The molecule has 220 valence electrons. The van der Waals surface area contributed by atoms with Crippen LogP contribution in [0.2, 0.25) is 0 Å². The number of nitrogens with zero attached hydrogens (tertiary/aromatic N) is 1. The summed E-state index contributed by atoms with van der Waals surface area (Å²) in [6.45, 7) is 0.809. The number of alkyl halides is 6. The lowest BCUT2D eigenvalue weighted by Gasteiger charge is -2.25. The monoisotopic (exact) mass is 605 g/mol. The van der Waals surface area contributed by atoms with Crippen molar-refractivity contribution in [3.05, 3.63) is 70.4 Å². The molecule has 0 aromatic carbocycles. The number of nitro groups is 1. The van der Waals surface area contributed by atoms with Gasteiger partial charge in [0.2, 0.25) is 0 Å². The number of thioether (sulfide) groups is 2. The highest BCUT2D eigenvalue weighted by Gasteiger charge is 2.29. The molecule has 17 heteroatoms. The summed E-state index contributed by atoms with van der Waals surface area (Å²) in [6, 6.07) is 6.43. The van der Waals surface area contributed by atoms with E-state index in [0.29, 0.717) is 17.7 Å². The van der Waals surface area contributed by atoms with Gasteiger partial charge in [-0.2, -0.15) is 26.3 Å². The van der Waals surface area contributed by atoms with Crippen LogP contribution in [0.4, 0.5) is 26.3 Å². The second kappa shape index (κ2) is 15.3. The van der Waals surface area contributed by atoms with Crippen LogP contribution in [0.1, 0.15) is 35.9 Å². The van der Waals surface area contributed by atoms with Gasteiger partial charge in [-0.3, -0.25) is 10.1 Å². The van der Waals surface area contributed by atoms with Crippen LogP contribution in [0.5, 0.6) is 0 Å². The predicted octanol–water partition coefficient (Wildman–Crippen LogP) is 5.37. The fourth-order valence-electron chi connectivity index (χ4n) is 3.29. The quantitative estimate of drug-likeness (QED) is 0.0811. The van der Waals surface area contributed by atoms with Crippen LogP contribution in [-0.2, 0) is 0 Å². The smallest absolute Gasteiger partial charge is 0.401 e. The predicted molar refractivity (Wildman–Crippen MR) is 136 cm³/mol. The fourth-order valence-corrected chi connectivity index (χ4v) is 5.63. The third-order valence-electron chi connectivity index (χ3n) is 4.72. The zero-order chi connectivity index (χ0) is 29.1. The molecule has 0 bridgehead atoms. The van der Waals surface area contributed by atoms with Crippen LogP contribution in [0.25, 0.3) is 0 Å². The Bertz CT molecular complexity index is 935. The van der Waals surface area contributed by atoms with Gasteiger partial charge in [0.25, 0.3) is 6.20 Å². The van der Waals surface area contributed by atoms with E-state index in [2.05, 4.69) is 21.3 Å². The lowest BCUT2D eigenvalue weighted by molar-refractivity contribution is -0.404. The highest BCUT2D eigenvalue weighted by atomic mass is 32.2. The third kappa shape index (κ3) is 13.9. The Labute approximate surface area is 229 Å². The van der Waals surface area contributed by atoms with E-state index in [1.807, 2.05) is 0 Å². The van der Waals surface area contributed by atoms with E-state index in [-0.39, 0.29) is 18.9 Å². The second-order valence-corrected chi connectivity index (χ2v) is 11.3. The van der Waals surface area contributed by atoms with Gasteiger partial charge < -0.3 is 30.1 Å². The van der Waals surface area contributed by atoms with Crippen molar-refractivity contribution < 1.29 is 40.1 Å². The van der Waals surface area contributed by atoms with E-state index in [1.165, 1.54) is 36.1 Å². The van der Waals surface area contributed by atoms with Crippen molar-refractivity contribution >= 4 is 23.5 Å². The normalized spacial score (nSPS) is 15.3. The molecule has 0 saturated carbocycles. The van der Waals surface area contributed by atoms with E-state index < -0.39 is 51.6 Å². The summed E-state index contributed by atoms with van der Waals surface area (Å²) in [6.07, 6.45) is -5.30. The van der Waals surface area contributed by atoms with Gasteiger partial charge in [-0.05, 0) is 38.1 Å². The van der Waals surface area contributed by atoms with E-state index in [4.69, 9.17) is 8.83 Å². The number of hydrogen-bond acceptors (Lipinski definition) is 10. The molecule has 2 aromatic heterocycles. The molecule has 2 aromatic rings. The van der Waals surface area contributed by atoms with E-state index in [1.54, 1.807) is 38.1 Å². The van der Waals surface area contributed by atoms with Gasteiger partial charge in [-0.25, -0.2) is 0 Å². The Hall–Kier alpha value is -2.50. The topological polar surface area (TPSA) is 118 Å². The Balaban J connectivity index is 2.02. The molecule has 4 unspecified atom stereocenters.